The van der Waals surface area contributed by atoms with Crippen molar-refractivity contribution in [3.05, 3.63) is 0 Å². The maximum Gasteiger partial charge on any atom is 0.372 e. The molecule has 0 bridgehead atoms. The summed E-state index contributed by atoms with van der Waals surface area (Å²) in [6.07, 6.45) is 9.07. The Morgan fingerprint density at radius 2 is 1.48 bits per heavy atom. The van der Waals surface area contributed by atoms with Crippen LogP contribution >= 0.6 is 0 Å². The van der Waals surface area contributed by atoms with Crippen molar-refractivity contribution in [1.29, 1.82) is 0 Å². The number of nitrogens with zero attached hydrogens (tertiary/aromatic N) is 1. The Bertz CT molecular complexity index is 360. The monoisotopic (exact) mass is 329 g/mol. The summed E-state index contributed by atoms with van der Waals surface area (Å²) in [6, 6.07) is 0. The van der Waals surface area contributed by atoms with Gasteiger partial charge in [-0.1, -0.05) is 58.8 Å². The van der Waals surface area contributed by atoms with E-state index in [2.05, 4.69) is 6.92 Å². The van der Waals surface area contributed by atoms with Crippen molar-refractivity contribution in [3.8, 4) is 0 Å². The van der Waals surface area contributed by atoms with Crippen molar-refractivity contribution in [1.82, 2.24) is 0 Å². The van der Waals surface area contributed by atoms with Crippen molar-refractivity contribution in [2.24, 2.45) is 5.92 Å². The maximum absolute atomic E-state index is 11.9. The highest BCUT2D eigenvalue weighted by Crippen LogP contribution is 2.34. The zero-order valence-electron chi connectivity index (χ0n) is 15.6. The van der Waals surface area contributed by atoms with Gasteiger partial charge >= 0.3 is 5.97 Å². The number of rotatable bonds is 13. The summed E-state index contributed by atoms with van der Waals surface area (Å²) >= 11 is 0. The minimum Gasteiger partial charge on any atom is -0.543 e. The second kappa shape index (κ2) is 9.91. The van der Waals surface area contributed by atoms with Crippen LogP contribution in [-0.4, -0.2) is 48.2 Å². The second-order valence-electron chi connectivity index (χ2n) is 7.39. The number of carbonyl (C=O) groups is 2. The summed E-state index contributed by atoms with van der Waals surface area (Å²) in [4.78, 5) is 23.7. The molecule has 0 fully saturated rings. The van der Waals surface area contributed by atoms with Gasteiger partial charge in [0.25, 0.3) is 0 Å². The van der Waals surface area contributed by atoms with E-state index in [1.165, 1.54) is 25.7 Å². The van der Waals surface area contributed by atoms with Crippen LogP contribution in [0.4, 0.5) is 0 Å². The van der Waals surface area contributed by atoms with Gasteiger partial charge in [-0.3, -0.25) is 0 Å². The minimum atomic E-state index is -1.89. The molecule has 0 saturated heterocycles. The number of quaternary nitrogens is 1. The lowest BCUT2D eigenvalue weighted by molar-refractivity contribution is -0.911. The molecule has 0 aromatic heterocycles. The van der Waals surface area contributed by atoms with E-state index in [1.807, 2.05) is 6.92 Å². The molecule has 1 N–H and O–H groups in total. The maximum atomic E-state index is 11.9. The topological polar surface area (TPSA) is 77.4 Å². The largest absolute Gasteiger partial charge is 0.543 e. The Morgan fingerprint density at radius 3 is 1.83 bits per heavy atom. The van der Waals surface area contributed by atoms with Crippen molar-refractivity contribution in [3.63, 3.8) is 0 Å². The molecule has 0 amide bonds. The van der Waals surface area contributed by atoms with Gasteiger partial charge in [-0.05, 0) is 12.8 Å². The number of hydrogen-bond donors (Lipinski definition) is 1. The highest BCUT2D eigenvalue weighted by Gasteiger charge is 2.57. The zero-order valence-corrected chi connectivity index (χ0v) is 15.6. The fourth-order valence-electron chi connectivity index (χ4n) is 3.59. The lowest BCUT2D eigenvalue weighted by atomic mass is 9.76. The Kier molecular flexibility index (Phi) is 9.44. The molecular formula is C18H35NO4. The van der Waals surface area contributed by atoms with E-state index in [9.17, 15) is 19.8 Å². The standard InChI is InChI=1S/C18H35NO4/c1-6-8-9-10-11-12-13-14-15(7-2)18(16(20)21,17(22)23)19(3,4)5/h15H,6-14H2,1-5H3,(H-,20,21,22,23). The van der Waals surface area contributed by atoms with Crippen LogP contribution in [0.5, 0.6) is 0 Å². The smallest absolute Gasteiger partial charge is 0.372 e. The first kappa shape index (κ1) is 21.9. The van der Waals surface area contributed by atoms with Gasteiger partial charge in [0.1, 0.15) is 5.97 Å². The lowest BCUT2D eigenvalue weighted by Gasteiger charge is -2.47. The van der Waals surface area contributed by atoms with Gasteiger partial charge in [0.05, 0.1) is 21.1 Å². The summed E-state index contributed by atoms with van der Waals surface area (Å²) in [7, 11) is 4.87. The molecule has 2 atom stereocenters. The Hall–Kier alpha value is -1.10. The normalized spacial score (nSPS) is 15.9. The molecule has 0 aromatic rings. The van der Waals surface area contributed by atoms with Gasteiger partial charge in [-0.15, -0.1) is 0 Å². The van der Waals surface area contributed by atoms with Crippen LogP contribution in [0.2, 0.25) is 0 Å². The third kappa shape index (κ3) is 5.48. The first-order valence-electron chi connectivity index (χ1n) is 8.92. The second-order valence-corrected chi connectivity index (χ2v) is 7.39. The summed E-state index contributed by atoms with van der Waals surface area (Å²) in [5.41, 5.74) is -1.89. The van der Waals surface area contributed by atoms with E-state index in [4.69, 9.17) is 0 Å². The first-order valence-corrected chi connectivity index (χ1v) is 8.92. The quantitative estimate of drug-likeness (QED) is 0.320. The number of carbonyl (C=O) groups excluding carboxylic acids is 1. The van der Waals surface area contributed by atoms with Gasteiger partial charge in [-0.2, -0.15) is 0 Å². The molecule has 0 aromatic carbocycles. The average molecular weight is 329 g/mol. The Morgan fingerprint density at radius 1 is 1.00 bits per heavy atom. The molecule has 0 spiro atoms. The lowest BCUT2D eigenvalue weighted by Crippen LogP contribution is -2.73. The average Bonchev–Trinajstić information content (AvgIpc) is 2.42. The van der Waals surface area contributed by atoms with Crippen LogP contribution in [0.1, 0.15) is 71.6 Å². The molecule has 0 aliphatic heterocycles. The van der Waals surface area contributed by atoms with Crippen LogP contribution in [-0.2, 0) is 9.59 Å². The van der Waals surface area contributed by atoms with Crippen LogP contribution < -0.4 is 5.11 Å². The molecule has 0 saturated carbocycles. The Labute approximate surface area is 141 Å². The molecule has 0 rings (SSSR count). The van der Waals surface area contributed by atoms with Gasteiger partial charge in [0.15, 0.2) is 0 Å². The van der Waals surface area contributed by atoms with Crippen LogP contribution in [0.25, 0.3) is 0 Å². The SMILES string of the molecule is CCCCCCCCCC(CC)C(C(=O)[O-])(C(=O)O)[N+](C)(C)C. The molecule has 5 nitrogen and oxygen atoms in total. The predicted molar refractivity (Wildman–Crippen MR) is 89.8 cm³/mol. The predicted octanol–water partition coefficient (Wildman–Crippen LogP) is 2.43. The van der Waals surface area contributed by atoms with E-state index in [0.717, 1.165) is 19.3 Å². The van der Waals surface area contributed by atoms with Crippen molar-refractivity contribution >= 4 is 11.9 Å². The highest BCUT2D eigenvalue weighted by molar-refractivity contribution is 6.01. The molecule has 0 heterocycles. The molecule has 5 heteroatoms. The molecule has 0 aliphatic carbocycles. The van der Waals surface area contributed by atoms with E-state index >= 15 is 0 Å². The van der Waals surface area contributed by atoms with E-state index in [1.54, 1.807) is 21.1 Å². The summed E-state index contributed by atoms with van der Waals surface area (Å²) < 4.78 is -0.167. The third-order valence-corrected chi connectivity index (χ3v) is 4.94. The molecule has 0 radical (unpaired) electrons. The minimum absolute atomic E-state index is 0.167. The van der Waals surface area contributed by atoms with E-state index in [-0.39, 0.29) is 4.48 Å². The van der Waals surface area contributed by atoms with Gasteiger partial charge in [-0.25, -0.2) is 4.79 Å². The number of likely N-dealkylation sites (N-methyl/N-ethyl adjacent to an activating group) is 1. The summed E-state index contributed by atoms with van der Waals surface area (Å²) in [5.74, 6) is -3.20. The van der Waals surface area contributed by atoms with E-state index < -0.39 is 23.4 Å². The molecule has 0 aliphatic rings. The fourth-order valence-corrected chi connectivity index (χ4v) is 3.59. The van der Waals surface area contributed by atoms with Gasteiger partial charge in [0.2, 0.25) is 5.54 Å². The molecule has 136 valence electrons. The molecule has 23 heavy (non-hydrogen) atoms. The van der Waals surface area contributed by atoms with Crippen LogP contribution in [0, 0.1) is 5.92 Å². The van der Waals surface area contributed by atoms with Crippen molar-refractivity contribution in [2.75, 3.05) is 21.1 Å². The van der Waals surface area contributed by atoms with Gasteiger partial charge in [0, 0.05) is 5.92 Å². The molecular weight excluding hydrogens is 294 g/mol. The molecule has 2 unspecified atom stereocenters. The summed E-state index contributed by atoms with van der Waals surface area (Å²) in [5, 5.41) is 21.5. The van der Waals surface area contributed by atoms with Crippen LogP contribution in [0.15, 0.2) is 0 Å². The highest BCUT2D eigenvalue weighted by atomic mass is 16.4. The van der Waals surface area contributed by atoms with Gasteiger partial charge < -0.3 is 19.5 Å². The van der Waals surface area contributed by atoms with Crippen LogP contribution in [0.3, 0.4) is 0 Å². The van der Waals surface area contributed by atoms with Crippen molar-refractivity contribution in [2.45, 2.75) is 77.2 Å². The van der Waals surface area contributed by atoms with E-state index in [0.29, 0.717) is 12.8 Å². The third-order valence-electron chi connectivity index (χ3n) is 4.94. The number of carboxylic acid groups (broad SMARTS) is 2. The zero-order chi connectivity index (χ0) is 18.1. The summed E-state index contributed by atoms with van der Waals surface area (Å²) in [6.45, 7) is 4.05. The Balaban J connectivity index is 4.87. The first-order chi connectivity index (χ1) is 10.7. The number of unbranched alkanes of at least 4 members (excludes halogenated alkanes) is 6. The fraction of sp³-hybridized carbons (Fsp3) is 0.889. The van der Waals surface area contributed by atoms with Crippen molar-refractivity contribution < 1.29 is 24.3 Å². The number of carboxylic acids is 2. The number of aliphatic carboxylic acids is 2. The number of hydrogen-bond acceptors (Lipinski definition) is 3.